The third-order valence-electron chi connectivity index (χ3n) is 3.85. The van der Waals surface area contributed by atoms with E-state index in [1.165, 1.54) is 0 Å². The molecular formula is C13H18ClN5. The lowest BCUT2D eigenvalue weighted by atomic mass is 9.91. The van der Waals surface area contributed by atoms with Crippen molar-refractivity contribution in [3.8, 4) is 0 Å². The van der Waals surface area contributed by atoms with Crippen molar-refractivity contribution in [3.05, 3.63) is 23.4 Å². The summed E-state index contributed by atoms with van der Waals surface area (Å²) in [4.78, 5) is 6.76. The van der Waals surface area contributed by atoms with Gasteiger partial charge in [0.1, 0.15) is 0 Å². The number of aromatic nitrogens is 3. The number of rotatable bonds is 2. The molecule has 5 nitrogen and oxygen atoms in total. The van der Waals surface area contributed by atoms with Gasteiger partial charge in [-0.3, -0.25) is 0 Å². The number of nitrogens with zero attached hydrogens (tertiary/aromatic N) is 4. The summed E-state index contributed by atoms with van der Waals surface area (Å²) in [5, 5.41) is 5.15. The molecule has 1 aliphatic rings. The zero-order chi connectivity index (χ0) is 13.4. The molecule has 102 valence electrons. The Kier molecular flexibility index (Phi) is 3.33. The van der Waals surface area contributed by atoms with Crippen molar-refractivity contribution in [1.82, 2.24) is 14.6 Å². The summed E-state index contributed by atoms with van der Waals surface area (Å²) in [6, 6.07) is 3.99. The standard InChI is InChI=1S/C13H18ClN5/c1-9(15)10-4-6-18(7-5-10)13-16-12-3-2-11(14)8-19(12)17-13/h2-3,8-10H,4-7,15H2,1H3. The van der Waals surface area contributed by atoms with E-state index in [2.05, 4.69) is 21.9 Å². The highest BCUT2D eigenvalue weighted by atomic mass is 35.5. The van der Waals surface area contributed by atoms with Gasteiger partial charge in [-0.15, -0.1) is 5.10 Å². The second kappa shape index (κ2) is 4.98. The molecule has 19 heavy (non-hydrogen) atoms. The average Bonchev–Trinajstić information content (AvgIpc) is 2.81. The Labute approximate surface area is 117 Å². The third-order valence-corrected chi connectivity index (χ3v) is 4.07. The highest BCUT2D eigenvalue weighted by molar-refractivity contribution is 6.30. The summed E-state index contributed by atoms with van der Waals surface area (Å²) in [5.74, 6) is 1.40. The fraction of sp³-hybridized carbons (Fsp3) is 0.538. The number of hydrogen-bond acceptors (Lipinski definition) is 4. The van der Waals surface area contributed by atoms with E-state index in [1.54, 1.807) is 10.7 Å². The van der Waals surface area contributed by atoms with Crippen molar-refractivity contribution in [1.29, 1.82) is 0 Å². The van der Waals surface area contributed by atoms with Crippen LogP contribution in [-0.2, 0) is 0 Å². The van der Waals surface area contributed by atoms with Gasteiger partial charge in [0.2, 0.25) is 5.95 Å². The molecular weight excluding hydrogens is 262 g/mol. The Morgan fingerprint density at radius 2 is 2.11 bits per heavy atom. The summed E-state index contributed by atoms with van der Waals surface area (Å²) >= 11 is 5.95. The lowest BCUT2D eigenvalue weighted by molar-refractivity contribution is 0.352. The van der Waals surface area contributed by atoms with Gasteiger partial charge in [-0.25, -0.2) is 4.52 Å². The largest absolute Gasteiger partial charge is 0.339 e. The Morgan fingerprint density at radius 1 is 1.37 bits per heavy atom. The van der Waals surface area contributed by atoms with Gasteiger partial charge in [0.25, 0.3) is 0 Å². The van der Waals surface area contributed by atoms with Crippen LogP contribution in [0.1, 0.15) is 19.8 Å². The minimum atomic E-state index is 0.273. The van der Waals surface area contributed by atoms with Crippen molar-refractivity contribution in [2.45, 2.75) is 25.8 Å². The summed E-state index contributed by atoms with van der Waals surface area (Å²) in [7, 11) is 0. The van der Waals surface area contributed by atoms with Crippen molar-refractivity contribution >= 4 is 23.2 Å². The molecule has 6 heteroatoms. The first-order valence-electron chi connectivity index (χ1n) is 6.66. The van der Waals surface area contributed by atoms with Gasteiger partial charge in [-0.1, -0.05) is 11.6 Å². The van der Waals surface area contributed by atoms with Crippen LogP contribution in [0.3, 0.4) is 0 Å². The van der Waals surface area contributed by atoms with Crippen LogP contribution >= 0.6 is 11.6 Å². The summed E-state index contributed by atoms with van der Waals surface area (Å²) in [6.45, 7) is 4.03. The topological polar surface area (TPSA) is 59.5 Å². The highest BCUT2D eigenvalue weighted by Crippen LogP contribution is 2.23. The number of halogens is 1. The smallest absolute Gasteiger partial charge is 0.245 e. The first-order valence-corrected chi connectivity index (χ1v) is 7.04. The van der Waals surface area contributed by atoms with E-state index >= 15 is 0 Å². The third kappa shape index (κ3) is 2.53. The van der Waals surface area contributed by atoms with Gasteiger partial charge in [0.15, 0.2) is 5.65 Å². The quantitative estimate of drug-likeness (QED) is 0.913. The van der Waals surface area contributed by atoms with Crippen molar-refractivity contribution < 1.29 is 0 Å². The molecule has 1 saturated heterocycles. The molecule has 0 radical (unpaired) electrons. The Hall–Kier alpha value is -1.33. The maximum atomic E-state index is 5.96. The first-order chi connectivity index (χ1) is 9.13. The summed E-state index contributed by atoms with van der Waals surface area (Å²) in [5.41, 5.74) is 6.79. The highest BCUT2D eigenvalue weighted by Gasteiger charge is 2.24. The second-order valence-electron chi connectivity index (χ2n) is 5.25. The molecule has 0 aliphatic carbocycles. The molecule has 2 aromatic rings. The molecule has 1 atom stereocenters. The predicted molar refractivity (Wildman–Crippen MR) is 76.6 cm³/mol. The number of anilines is 1. The average molecular weight is 280 g/mol. The van der Waals surface area contributed by atoms with Gasteiger partial charge in [0, 0.05) is 25.3 Å². The number of hydrogen-bond donors (Lipinski definition) is 1. The number of piperidine rings is 1. The van der Waals surface area contributed by atoms with Crippen molar-refractivity contribution in [2.75, 3.05) is 18.0 Å². The molecule has 3 rings (SSSR count). The van der Waals surface area contributed by atoms with Crippen LogP contribution < -0.4 is 10.6 Å². The SMILES string of the molecule is CC(N)C1CCN(c2nc3ccc(Cl)cn3n2)CC1. The van der Waals surface area contributed by atoms with Crippen molar-refractivity contribution in [2.24, 2.45) is 11.7 Å². The second-order valence-corrected chi connectivity index (χ2v) is 5.68. The van der Waals surface area contributed by atoms with Crippen LogP contribution in [0.5, 0.6) is 0 Å². The molecule has 2 N–H and O–H groups in total. The first kappa shape index (κ1) is 12.7. The van der Waals surface area contributed by atoms with E-state index in [-0.39, 0.29) is 6.04 Å². The predicted octanol–water partition coefficient (Wildman–Crippen LogP) is 1.95. The number of nitrogens with two attached hydrogens (primary N) is 1. The molecule has 1 aliphatic heterocycles. The van der Waals surface area contributed by atoms with E-state index < -0.39 is 0 Å². The van der Waals surface area contributed by atoms with Crippen LogP contribution in [0.2, 0.25) is 5.02 Å². The monoisotopic (exact) mass is 279 g/mol. The molecule has 0 spiro atoms. The molecule has 1 unspecified atom stereocenters. The van der Waals surface area contributed by atoms with E-state index in [4.69, 9.17) is 17.3 Å². The van der Waals surface area contributed by atoms with Gasteiger partial charge < -0.3 is 10.6 Å². The molecule has 0 bridgehead atoms. The maximum absolute atomic E-state index is 5.96. The van der Waals surface area contributed by atoms with Crippen LogP contribution in [0.4, 0.5) is 5.95 Å². The zero-order valence-electron chi connectivity index (χ0n) is 11.0. The molecule has 2 aromatic heterocycles. The minimum Gasteiger partial charge on any atom is -0.339 e. The Bertz CT molecular complexity index is 571. The lowest BCUT2D eigenvalue weighted by Gasteiger charge is -2.32. The lowest BCUT2D eigenvalue weighted by Crippen LogP contribution is -2.40. The molecule has 3 heterocycles. The fourth-order valence-corrected chi connectivity index (χ4v) is 2.76. The zero-order valence-corrected chi connectivity index (χ0v) is 11.7. The minimum absolute atomic E-state index is 0.273. The van der Waals surface area contributed by atoms with Crippen molar-refractivity contribution in [3.63, 3.8) is 0 Å². The van der Waals surface area contributed by atoms with E-state index in [0.717, 1.165) is 37.5 Å². The molecule has 0 aromatic carbocycles. The number of pyridine rings is 1. The summed E-state index contributed by atoms with van der Waals surface area (Å²) < 4.78 is 1.73. The van der Waals surface area contributed by atoms with E-state index in [1.807, 2.05) is 12.1 Å². The van der Waals surface area contributed by atoms with Gasteiger partial charge in [-0.05, 0) is 37.8 Å². The number of fused-ring (bicyclic) bond motifs is 1. The molecule has 1 fully saturated rings. The normalized spacial score (nSPS) is 19.0. The van der Waals surface area contributed by atoms with Crippen LogP contribution in [0, 0.1) is 5.92 Å². The Morgan fingerprint density at radius 3 is 2.79 bits per heavy atom. The van der Waals surface area contributed by atoms with Crippen LogP contribution in [0.25, 0.3) is 5.65 Å². The van der Waals surface area contributed by atoms with E-state index in [0.29, 0.717) is 10.9 Å². The van der Waals surface area contributed by atoms with Gasteiger partial charge in [0.05, 0.1) is 5.02 Å². The maximum Gasteiger partial charge on any atom is 0.245 e. The summed E-state index contributed by atoms with van der Waals surface area (Å²) in [6.07, 6.45) is 3.99. The van der Waals surface area contributed by atoms with E-state index in [9.17, 15) is 0 Å². The molecule has 0 amide bonds. The van der Waals surface area contributed by atoms with Crippen LogP contribution in [0.15, 0.2) is 18.3 Å². The fourth-order valence-electron chi connectivity index (χ4n) is 2.61. The molecule has 0 saturated carbocycles. The van der Waals surface area contributed by atoms with Gasteiger partial charge in [-0.2, -0.15) is 4.98 Å². The van der Waals surface area contributed by atoms with Crippen LogP contribution in [-0.4, -0.2) is 33.7 Å². The van der Waals surface area contributed by atoms with Gasteiger partial charge >= 0.3 is 0 Å². The Balaban J connectivity index is 1.78.